The molecule has 0 unspecified atom stereocenters. The van der Waals surface area contributed by atoms with E-state index in [0.29, 0.717) is 60.9 Å². The van der Waals surface area contributed by atoms with Gasteiger partial charge in [0.2, 0.25) is 0 Å². The molecule has 188 valence electrons. The predicted octanol–water partition coefficient (Wildman–Crippen LogP) is 4.50. The van der Waals surface area contributed by atoms with Gasteiger partial charge in [-0.3, -0.25) is 4.18 Å². The van der Waals surface area contributed by atoms with E-state index >= 15 is 0 Å². The average Bonchev–Trinajstić information content (AvgIpc) is 3.51. The molecule has 9 nitrogen and oxygen atoms in total. The van der Waals surface area contributed by atoms with Gasteiger partial charge in [0.1, 0.15) is 26.4 Å². The Bertz CT molecular complexity index is 1290. The SMILES string of the molecule is CC1(COS(C)(=O)=O)COc2c(-c3scc4c3OCCO4)sc(-c3scc4c3OCCO4)c2OC1. The first kappa shape index (κ1) is 23.2. The third kappa shape index (κ3) is 4.33. The van der Waals surface area contributed by atoms with Crippen LogP contribution in [0.3, 0.4) is 0 Å². The van der Waals surface area contributed by atoms with E-state index in [1.165, 1.54) is 34.0 Å². The summed E-state index contributed by atoms with van der Waals surface area (Å²) in [5.41, 5.74) is -0.683. The Morgan fingerprint density at radius 3 is 1.74 bits per heavy atom. The molecule has 0 saturated carbocycles. The number of hydrogen-bond acceptors (Lipinski definition) is 12. The van der Waals surface area contributed by atoms with E-state index in [9.17, 15) is 8.42 Å². The highest BCUT2D eigenvalue weighted by molar-refractivity contribution is 7.85. The second-order valence-corrected chi connectivity index (χ2v) is 13.1. The standard InChI is InChI=1S/C22H22O9S4/c1-22(11-31-35(2,23)24)9-29-16-17(30-10-22)21(19-15-13(8-33-19)26-4-6-28-15)34-20(16)18-14-12(7-32-18)25-3-5-27-14/h7-8H,3-6,9-11H2,1-2H3. The molecule has 0 aromatic carbocycles. The molecule has 13 heteroatoms. The average molecular weight is 559 g/mol. The van der Waals surface area contributed by atoms with Crippen molar-refractivity contribution in [3.8, 4) is 54.0 Å². The van der Waals surface area contributed by atoms with Crippen LogP contribution in [0.5, 0.6) is 34.5 Å². The minimum Gasteiger partial charge on any atom is -0.487 e. The summed E-state index contributed by atoms with van der Waals surface area (Å²) < 4.78 is 64.4. The number of ether oxygens (including phenoxy) is 6. The van der Waals surface area contributed by atoms with E-state index in [1.54, 1.807) is 0 Å². The molecule has 0 saturated heterocycles. The molecular weight excluding hydrogens is 537 g/mol. The number of thiophene rings is 3. The van der Waals surface area contributed by atoms with Crippen molar-refractivity contribution in [2.45, 2.75) is 6.92 Å². The quantitative estimate of drug-likeness (QED) is 0.419. The molecule has 6 heterocycles. The summed E-state index contributed by atoms with van der Waals surface area (Å²) in [6.07, 6.45) is 1.03. The van der Waals surface area contributed by atoms with Gasteiger partial charge in [-0.15, -0.1) is 34.0 Å². The molecule has 3 aromatic rings. The van der Waals surface area contributed by atoms with Gasteiger partial charge >= 0.3 is 0 Å². The van der Waals surface area contributed by atoms with Crippen LogP contribution in [0.1, 0.15) is 6.92 Å². The summed E-state index contributed by atoms with van der Waals surface area (Å²) >= 11 is 4.57. The van der Waals surface area contributed by atoms with Crippen LogP contribution in [0.15, 0.2) is 10.8 Å². The van der Waals surface area contributed by atoms with E-state index in [2.05, 4.69) is 0 Å². The summed E-state index contributed by atoms with van der Waals surface area (Å²) in [5, 5.41) is 3.86. The predicted molar refractivity (Wildman–Crippen MR) is 133 cm³/mol. The third-order valence-corrected chi connectivity index (χ3v) is 9.49. The minimum atomic E-state index is -3.60. The van der Waals surface area contributed by atoms with Crippen molar-refractivity contribution in [2.75, 3.05) is 52.5 Å². The first-order valence-electron chi connectivity index (χ1n) is 10.8. The van der Waals surface area contributed by atoms with Crippen LogP contribution in [0.4, 0.5) is 0 Å². The fraction of sp³-hybridized carbons (Fsp3) is 0.455. The van der Waals surface area contributed by atoms with Gasteiger partial charge in [-0.05, 0) is 0 Å². The van der Waals surface area contributed by atoms with Crippen molar-refractivity contribution in [3.05, 3.63) is 10.8 Å². The third-order valence-electron chi connectivity index (χ3n) is 5.59. The highest BCUT2D eigenvalue weighted by atomic mass is 32.2. The van der Waals surface area contributed by atoms with E-state index in [0.717, 1.165) is 25.8 Å². The first-order valence-corrected chi connectivity index (χ1v) is 15.2. The molecule has 35 heavy (non-hydrogen) atoms. The highest BCUT2D eigenvalue weighted by Crippen LogP contribution is 2.61. The van der Waals surface area contributed by atoms with Crippen LogP contribution < -0.4 is 28.4 Å². The van der Waals surface area contributed by atoms with Crippen molar-refractivity contribution < 1.29 is 41.0 Å². The fourth-order valence-electron chi connectivity index (χ4n) is 3.87. The van der Waals surface area contributed by atoms with Crippen LogP contribution >= 0.6 is 34.0 Å². The second kappa shape index (κ2) is 8.73. The zero-order valence-electron chi connectivity index (χ0n) is 18.9. The molecule has 3 aliphatic heterocycles. The van der Waals surface area contributed by atoms with Gasteiger partial charge in [-0.1, -0.05) is 6.92 Å². The lowest BCUT2D eigenvalue weighted by Crippen LogP contribution is -2.36. The highest BCUT2D eigenvalue weighted by Gasteiger charge is 2.38. The number of rotatable bonds is 5. The molecule has 0 radical (unpaired) electrons. The van der Waals surface area contributed by atoms with E-state index in [-0.39, 0.29) is 19.8 Å². The van der Waals surface area contributed by atoms with Crippen molar-refractivity contribution in [3.63, 3.8) is 0 Å². The smallest absolute Gasteiger partial charge is 0.264 e. The molecular formula is C22H22O9S4. The van der Waals surface area contributed by atoms with E-state index < -0.39 is 15.5 Å². The van der Waals surface area contributed by atoms with Crippen LogP contribution in [-0.4, -0.2) is 60.9 Å². The zero-order chi connectivity index (χ0) is 24.2. The lowest BCUT2D eigenvalue weighted by atomic mass is 9.94. The first-order chi connectivity index (χ1) is 16.8. The van der Waals surface area contributed by atoms with Crippen molar-refractivity contribution in [1.29, 1.82) is 0 Å². The van der Waals surface area contributed by atoms with E-state index in [4.69, 9.17) is 32.6 Å². The maximum atomic E-state index is 11.6. The topological polar surface area (TPSA) is 98.8 Å². The molecule has 0 fully saturated rings. The maximum Gasteiger partial charge on any atom is 0.264 e. The zero-order valence-corrected chi connectivity index (χ0v) is 22.2. The van der Waals surface area contributed by atoms with Gasteiger partial charge in [-0.25, -0.2) is 0 Å². The summed E-state index contributed by atoms with van der Waals surface area (Å²) in [4.78, 5) is 3.52. The summed E-state index contributed by atoms with van der Waals surface area (Å²) in [7, 11) is -3.60. The Hall–Kier alpha value is -2.19. The molecule has 0 spiro atoms. The molecule has 3 aliphatic rings. The van der Waals surface area contributed by atoms with Crippen LogP contribution in [-0.2, 0) is 14.3 Å². The summed E-state index contributed by atoms with van der Waals surface area (Å²) in [6.45, 7) is 4.21. The Kier molecular flexibility index (Phi) is 5.79. The minimum absolute atomic E-state index is 0.0547. The fourth-order valence-corrected chi connectivity index (χ4v) is 7.70. The number of fused-ring (bicyclic) bond motifs is 3. The lowest BCUT2D eigenvalue weighted by molar-refractivity contribution is 0.0687. The van der Waals surface area contributed by atoms with Gasteiger partial charge in [0.15, 0.2) is 34.5 Å². The molecule has 0 aliphatic carbocycles. The largest absolute Gasteiger partial charge is 0.487 e. The number of hydrogen-bond donors (Lipinski definition) is 0. The van der Waals surface area contributed by atoms with Crippen molar-refractivity contribution in [1.82, 2.24) is 0 Å². The molecule has 0 amide bonds. The van der Waals surface area contributed by atoms with Crippen LogP contribution in [0.2, 0.25) is 0 Å². The maximum absolute atomic E-state index is 11.6. The van der Waals surface area contributed by atoms with Gasteiger partial charge in [0.05, 0.1) is 51.0 Å². The molecule has 3 aromatic heterocycles. The monoisotopic (exact) mass is 558 g/mol. The van der Waals surface area contributed by atoms with Crippen LogP contribution in [0.25, 0.3) is 19.5 Å². The van der Waals surface area contributed by atoms with Crippen LogP contribution in [0, 0.1) is 5.41 Å². The van der Waals surface area contributed by atoms with Gasteiger partial charge in [-0.2, -0.15) is 8.42 Å². The Labute approximate surface area is 214 Å². The van der Waals surface area contributed by atoms with Crippen molar-refractivity contribution in [2.24, 2.45) is 5.41 Å². The summed E-state index contributed by atoms with van der Waals surface area (Å²) in [6, 6.07) is 0. The van der Waals surface area contributed by atoms with E-state index in [1.807, 2.05) is 17.7 Å². The second-order valence-electron chi connectivity index (χ2n) is 8.68. The molecule has 0 bridgehead atoms. The summed E-state index contributed by atoms with van der Waals surface area (Å²) in [5.74, 6) is 4.00. The lowest BCUT2D eigenvalue weighted by Gasteiger charge is -2.25. The normalized spacial score (nSPS) is 18.2. The van der Waals surface area contributed by atoms with Gasteiger partial charge in [0.25, 0.3) is 10.1 Å². The molecule has 6 rings (SSSR count). The molecule has 0 atom stereocenters. The van der Waals surface area contributed by atoms with Gasteiger partial charge in [0, 0.05) is 10.8 Å². The Morgan fingerprint density at radius 1 is 0.771 bits per heavy atom. The Balaban J connectivity index is 1.44. The van der Waals surface area contributed by atoms with Crippen molar-refractivity contribution >= 4 is 44.1 Å². The van der Waals surface area contributed by atoms with Gasteiger partial charge < -0.3 is 28.4 Å². The molecule has 0 N–H and O–H groups in total. The Morgan fingerprint density at radius 2 is 1.26 bits per heavy atom.